The van der Waals surface area contributed by atoms with Crippen LogP contribution in [-0.2, 0) is 11.2 Å². The van der Waals surface area contributed by atoms with Crippen molar-refractivity contribution >= 4 is 11.4 Å². The molecule has 0 saturated heterocycles. The van der Waals surface area contributed by atoms with Gasteiger partial charge in [0.2, 0.25) is 0 Å². The monoisotopic (exact) mass is 328 g/mol. The molecule has 0 heterocycles. The minimum atomic E-state index is -0.0283. The number of hydrogen-bond donors (Lipinski definition) is 1. The van der Waals surface area contributed by atoms with Crippen LogP contribution < -0.4 is 0 Å². The lowest BCUT2D eigenvalue weighted by atomic mass is 9.91. The zero-order valence-electron chi connectivity index (χ0n) is 16.4. The maximum absolute atomic E-state index is 12.5. The molecule has 1 aromatic carbocycles. The number of allylic oxidation sites excluding steroid dienone is 4. The van der Waals surface area contributed by atoms with E-state index in [1.807, 2.05) is 13.8 Å². The second kappa shape index (κ2) is 8.32. The third kappa shape index (κ3) is 5.09. The maximum Gasteiger partial charge on any atom is 0.166 e. The summed E-state index contributed by atoms with van der Waals surface area (Å²) in [6, 6.07) is 6.44. The summed E-state index contributed by atoms with van der Waals surface area (Å²) in [4.78, 5) is 12.5. The summed E-state index contributed by atoms with van der Waals surface area (Å²) in [6.07, 6.45) is 0.326. The van der Waals surface area contributed by atoms with Gasteiger partial charge in [0, 0.05) is 17.9 Å². The lowest BCUT2D eigenvalue weighted by Gasteiger charge is -2.14. The van der Waals surface area contributed by atoms with Crippen LogP contribution >= 0.6 is 0 Å². The number of aliphatic hydroxyl groups excluding tert-OH is 1. The van der Waals surface area contributed by atoms with Gasteiger partial charge in [0.1, 0.15) is 5.76 Å². The van der Waals surface area contributed by atoms with Crippen molar-refractivity contribution in [3.8, 4) is 0 Å². The molecule has 24 heavy (non-hydrogen) atoms. The maximum atomic E-state index is 12.5. The molecule has 2 heteroatoms. The van der Waals surface area contributed by atoms with Gasteiger partial charge in [-0.3, -0.25) is 4.79 Å². The van der Waals surface area contributed by atoms with E-state index in [4.69, 9.17) is 0 Å². The summed E-state index contributed by atoms with van der Waals surface area (Å²) >= 11 is 0. The first-order valence-corrected chi connectivity index (χ1v) is 8.75. The molecule has 0 fully saturated rings. The van der Waals surface area contributed by atoms with Crippen LogP contribution in [0.4, 0.5) is 0 Å². The Morgan fingerprint density at radius 3 is 2.04 bits per heavy atom. The molecule has 0 spiro atoms. The summed E-state index contributed by atoms with van der Waals surface area (Å²) < 4.78 is 0. The topological polar surface area (TPSA) is 37.3 Å². The summed E-state index contributed by atoms with van der Waals surface area (Å²) in [5.41, 5.74) is 6.44. The Kier molecular flexibility index (Phi) is 7.01. The van der Waals surface area contributed by atoms with E-state index in [0.29, 0.717) is 17.9 Å². The summed E-state index contributed by atoms with van der Waals surface area (Å²) in [5.74, 6) is 0.563. The molecule has 0 aliphatic carbocycles. The van der Waals surface area contributed by atoms with Gasteiger partial charge >= 0.3 is 0 Å². The Morgan fingerprint density at radius 1 is 1.00 bits per heavy atom. The zero-order valence-corrected chi connectivity index (χ0v) is 16.4. The van der Waals surface area contributed by atoms with Gasteiger partial charge in [0.05, 0.1) is 0 Å². The molecule has 0 aromatic heterocycles. The highest BCUT2D eigenvalue weighted by Gasteiger charge is 2.15. The lowest BCUT2D eigenvalue weighted by molar-refractivity contribution is -0.115. The highest BCUT2D eigenvalue weighted by Crippen LogP contribution is 2.26. The van der Waals surface area contributed by atoms with Crippen LogP contribution in [0.15, 0.2) is 35.1 Å². The molecular weight excluding hydrogens is 296 g/mol. The van der Waals surface area contributed by atoms with Crippen LogP contribution in [0.3, 0.4) is 0 Å². The second-order valence-electron chi connectivity index (χ2n) is 7.51. The van der Waals surface area contributed by atoms with E-state index in [9.17, 15) is 9.90 Å². The Morgan fingerprint density at radius 2 is 1.58 bits per heavy atom. The molecule has 1 N–H and O–H groups in total. The number of carbonyl (C=O) groups excluding carboxylic acids is 1. The third-order valence-corrected chi connectivity index (χ3v) is 4.58. The number of benzene rings is 1. The van der Waals surface area contributed by atoms with Gasteiger partial charge in [-0.1, -0.05) is 51.5 Å². The van der Waals surface area contributed by atoms with Crippen molar-refractivity contribution < 1.29 is 9.90 Å². The first-order chi connectivity index (χ1) is 11.0. The van der Waals surface area contributed by atoms with Crippen LogP contribution in [0, 0.1) is 5.92 Å². The SMILES string of the molecule is CC(C)=C(C)c1cc(CC(=O)C(C)=C(O)C(C)C)cc(C(C)C)c1. The Balaban J connectivity index is 3.27. The molecule has 0 saturated carbocycles. The third-order valence-electron chi connectivity index (χ3n) is 4.58. The minimum absolute atomic E-state index is 0.0112. The molecule has 0 amide bonds. The van der Waals surface area contributed by atoms with Crippen molar-refractivity contribution in [1.82, 2.24) is 0 Å². The van der Waals surface area contributed by atoms with Crippen LogP contribution in [0.2, 0.25) is 0 Å². The van der Waals surface area contributed by atoms with Crippen molar-refractivity contribution in [3.05, 3.63) is 51.8 Å². The molecule has 1 aromatic rings. The first-order valence-electron chi connectivity index (χ1n) is 8.75. The van der Waals surface area contributed by atoms with E-state index in [2.05, 4.69) is 52.8 Å². The highest BCUT2D eigenvalue weighted by molar-refractivity contribution is 5.96. The molecule has 1 rings (SSSR count). The quantitative estimate of drug-likeness (QED) is 0.497. The standard InChI is InChI=1S/C22H32O2/c1-13(2)16(7)20-10-18(9-19(12-20)14(3)4)11-21(23)17(8)22(24)15(5)6/h9-10,12,14-15,24H,11H2,1-8H3. The van der Waals surface area contributed by atoms with Gasteiger partial charge in [-0.2, -0.15) is 0 Å². The molecule has 132 valence electrons. The lowest BCUT2D eigenvalue weighted by Crippen LogP contribution is -2.10. The molecule has 0 aliphatic heterocycles. The van der Waals surface area contributed by atoms with E-state index >= 15 is 0 Å². The van der Waals surface area contributed by atoms with Crippen LogP contribution in [0.1, 0.15) is 78.0 Å². The van der Waals surface area contributed by atoms with E-state index in [-0.39, 0.29) is 17.5 Å². The number of Topliss-reactive ketones (excluding diaryl/α,β-unsaturated/α-hetero) is 1. The predicted molar refractivity (Wildman–Crippen MR) is 103 cm³/mol. The van der Waals surface area contributed by atoms with E-state index in [1.54, 1.807) is 6.92 Å². The van der Waals surface area contributed by atoms with Crippen LogP contribution in [0.25, 0.3) is 5.57 Å². The van der Waals surface area contributed by atoms with Gasteiger partial charge in [0.15, 0.2) is 5.78 Å². The molecule has 0 aliphatic rings. The number of carbonyl (C=O) groups is 1. The fourth-order valence-electron chi connectivity index (χ4n) is 2.55. The average Bonchev–Trinajstić information content (AvgIpc) is 2.51. The number of hydrogen-bond acceptors (Lipinski definition) is 2. The van der Waals surface area contributed by atoms with Gasteiger partial charge in [-0.25, -0.2) is 0 Å². The Labute approximate surface area is 147 Å². The predicted octanol–water partition coefficient (Wildman–Crippen LogP) is 6.22. The molecule has 0 radical (unpaired) electrons. The largest absolute Gasteiger partial charge is 0.512 e. The van der Waals surface area contributed by atoms with Gasteiger partial charge < -0.3 is 5.11 Å². The summed E-state index contributed by atoms with van der Waals surface area (Å²) in [6.45, 7) is 16.2. The zero-order chi connectivity index (χ0) is 18.6. The number of aliphatic hydroxyl groups is 1. The fraction of sp³-hybridized carbons (Fsp3) is 0.500. The van der Waals surface area contributed by atoms with Gasteiger partial charge in [-0.05, 0) is 55.9 Å². The Bertz CT molecular complexity index is 669. The van der Waals surface area contributed by atoms with Gasteiger partial charge in [0.25, 0.3) is 0 Å². The summed E-state index contributed by atoms with van der Waals surface area (Å²) in [7, 11) is 0. The summed E-state index contributed by atoms with van der Waals surface area (Å²) in [5, 5.41) is 10.1. The number of ketones is 1. The van der Waals surface area contributed by atoms with Crippen molar-refractivity contribution in [2.45, 2.75) is 67.7 Å². The first kappa shape index (κ1) is 20.2. The average molecular weight is 328 g/mol. The van der Waals surface area contributed by atoms with Crippen LogP contribution in [-0.4, -0.2) is 10.9 Å². The molecule has 0 unspecified atom stereocenters. The van der Waals surface area contributed by atoms with E-state index in [0.717, 1.165) is 5.56 Å². The van der Waals surface area contributed by atoms with Crippen molar-refractivity contribution in [3.63, 3.8) is 0 Å². The highest BCUT2D eigenvalue weighted by atomic mass is 16.3. The van der Waals surface area contributed by atoms with Gasteiger partial charge in [-0.15, -0.1) is 0 Å². The Hall–Kier alpha value is -1.83. The molecule has 2 nitrogen and oxygen atoms in total. The normalized spacial score (nSPS) is 12.4. The van der Waals surface area contributed by atoms with Crippen molar-refractivity contribution in [1.29, 1.82) is 0 Å². The fourth-order valence-corrected chi connectivity index (χ4v) is 2.55. The molecule has 0 bridgehead atoms. The number of rotatable bonds is 6. The van der Waals surface area contributed by atoms with E-state index < -0.39 is 0 Å². The van der Waals surface area contributed by atoms with E-state index in [1.165, 1.54) is 22.3 Å². The second-order valence-corrected chi connectivity index (χ2v) is 7.51. The van der Waals surface area contributed by atoms with Crippen molar-refractivity contribution in [2.75, 3.05) is 0 Å². The minimum Gasteiger partial charge on any atom is -0.512 e. The van der Waals surface area contributed by atoms with Crippen LogP contribution in [0.5, 0.6) is 0 Å². The van der Waals surface area contributed by atoms with Crippen molar-refractivity contribution in [2.24, 2.45) is 5.92 Å². The molecular formula is C22H32O2. The smallest absolute Gasteiger partial charge is 0.166 e. The molecule has 0 atom stereocenters.